The van der Waals surface area contributed by atoms with Crippen molar-refractivity contribution in [1.82, 2.24) is 15.0 Å². The van der Waals surface area contributed by atoms with Gasteiger partial charge in [-0.2, -0.15) is 0 Å². The molecular weight excluding hydrogens is 240 g/mol. The normalized spacial score (nSPS) is 10.6. The van der Waals surface area contributed by atoms with Gasteiger partial charge in [0.1, 0.15) is 5.75 Å². The van der Waals surface area contributed by atoms with Crippen LogP contribution in [0, 0.1) is 6.92 Å². The van der Waals surface area contributed by atoms with Gasteiger partial charge in [0.05, 0.1) is 18.5 Å². The molecule has 2 N–H and O–H groups in total. The van der Waals surface area contributed by atoms with Gasteiger partial charge in [0.15, 0.2) is 0 Å². The van der Waals surface area contributed by atoms with Gasteiger partial charge in [-0.15, -0.1) is 5.10 Å². The Labute approximate surface area is 113 Å². The highest BCUT2D eigenvalue weighted by atomic mass is 16.5. The van der Waals surface area contributed by atoms with Gasteiger partial charge in [-0.3, -0.25) is 0 Å². The van der Waals surface area contributed by atoms with Crippen molar-refractivity contribution in [1.29, 1.82) is 0 Å². The van der Waals surface area contributed by atoms with E-state index in [1.165, 1.54) is 5.56 Å². The molecule has 1 heterocycles. The van der Waals surface area contributed by atoms with Crippen LogP contribution in [0.4, 0.5) is 0 Å². The molecule has 1 aromatic carbocycles. The molecule has 102 valence electrons. The van der Waals surface area contributed by atoms with Crippen molar-refractivity contribution in [2.45, 2.75) is 26.3 Å². The molecule has 0 unspecified atom stereocenters. The van der Waals surface area contributed by atoms with Crippen LogP contribution in [-0.2, 0) is 13.0 Å². The topological polar surface area (TPSA) is 66.0 Å². The number of nitrogens with two attached hydrogens (primary N) is 1. The van der Waals surface area contributed by atoms with Crippen LogP contribution in [0.2, 0.25) is 0 Å². The quantitative estimate of drug-likeness (QED) is 0.767. The average Bonchev–Trinajstić information content (AvgIpc) is 2.85. The summed E-state index contributed by atoms with van der Waals surface area (Å²) < 4.78 is 7.57. The lowest BCUT2D eigenvalue weighted by molar-refractivity contribution is 0.297. The van der Waals surface area contributed by atoms with Crippen LogP contribution in [0.5, 0.6) is 5.75 Å². The molecule has 0 saturated carbocycles. The lowest BCUT2D eigenvalue weighted by atomic mass is 10.2. The fourth-order valence-corrected chi connectivity index (χ4v) is 1.85. The summed E-state index contributed by atoms with van der Waals surface area (Å²) in [5.41, 5.74) is 7.86. The van der Waals surface area contributed by atoms with E-state index in [0.717, 1.165) is 30.8 Å². The summed E-state index contributed by atoms with van der Waals surface area (Å²) >= 11 is 0. The summed E-state index contributed by atoms with van der Waals surface area (Å²) in [6, 6.07) is 8.08. The highest BCUT2D eigenvalue weighted by molar-refractivity contribution is 5.26. The summed E-state index contributed by atoms with van der Waals surface area (Å²) in [6.45, 7) is 4.16. The molecule has 1 aromatic heterocycles. The Balaban J connectivity index is 1.74. The van der Waals surface area contributed by atoms with Crippen molar-refractivity contribution in [3.63, 3.8) is 0 Å². The first-order valence-corrected chi connectivity index (χ1v) is 6.56. The second-order valence-corrected chi connectivity index (χ2v) is 4.50. The zero-order chi connectivity index (χ0) is 13.5. The Morgan fingerprint density at radius 3 is 2.79 bits per heavy atom. The van der Waals surface area contributed by atoms with Crippen molar-refractivity contribution in [2.24, 2.45) is 5.73 Å². The van der Waals surface area contributed by atoms with Gasteiger partial charge in [-0.25, -0.2) is 4.68 Å². The first-order chi connectivity index (χ1) is 9.29. The maximum Gasteiger partial charge on any atom is 0.119 e. The van der Waals surface area contributed by atoms with Gasteiger partial charge in [-0.05, 0) is 25.6 Å². The van der Waals surface area contributed by atoms with E-state index in [2.05, 4.69) is 17.2 Å². The fourth-order valence-electron chi connectivity index (χ4n) is 1.85. The van der Waals surface area contributed by atoms with Crippen molar-refractivity contribution >= 4 is 0 Å². The van der Waals surface area contributed by atoms with Crippen LogP contribution in [0.15, 0.2) is 30.5 Å². The number of nitrogens with zero attached hydrogens (tertiary/aromatic N) is 3. The number of hydrogen-bond donors (Lipinski definition) is 1. The molecule has 0 aliphatic rings. The molecule has 0 spiro atoms. The van der Waals surface area contributed by atoms with Crippen molar-refractivity contribution in [2.75, 3.05) is 13.2 Å². The number of ether oxygens (including phenoxy) is 1. The summed E-state index contributed by atoms with van der Waals surface area (Å²) in [4.78, 5) is 0. The molecule has 0 aliphatic heterocycles. The molecule has 0 bridgehead atoms. The van der Waals surface area contributed by atoms with Crippen LogP contribution >= 0.6 is 0 Å². The van der Waals surface area contributed by atoms with E-state index < -0.39 is 0 Å². The van der Waals surface area contributed by atoms with Crippen LogP contribution < -0.4 is 10.5 Å². The van der Waals surface area contributed by atoms with Gasteiger partial charge in [0.2, 0.25) is 0 Å². The second kappa shape index (κ2) is 6.89. The third-order valence-electron chi connectivity index (χ3n) is 2.90. The molecule has 5 heteroatoms. The zero-order valence-corrected chi connectivity index (χ0v) is 11.2. The highest BCUT2D eigenvalue weighted by Gasteiger charge is 2.02. The minimum atomic E-state index is 0.618. The predicted octanol–water partition coefficient (Wildman–Crippen LogP) is 1.56. The van der Waals surface area contributed by atoms with Crippen LogP contribution in [0.1, 0.15) is 17.7 Å². The fraction of sp³-hybridized carbons (Fsp3) is 0.429. The van der Waals surface area contributed by atoms with Crippen molar-refractivity contribution < 1.29 is 4.74 Å². The Bertz CT molecular complexity index is 492. The summed E-state index contributed by atoms with van der Waals surface area (Å²) in [5.74, 6) is 0.909. The third-order valence-corrected chi connectivity index (χ3v) is 2.90. The van der Waals surface area contributed by atoms with E-state index in [9.17, 15) is 0 Å². The molecule has 0 fully saturated rings. The first-order valence-electron chi connectivity index (χ1n) is 6.56. The van der Waals surface area contributed by atoms with E-state index >= 15 is 0 Å². The molecule has 0 amide bonds. The number of benzene rings is 1. The SMILES string of the molecule is Cc1ccc(OCCCn2nncc2CCN)cc1. The monoisotopic (exact) mass is 260 g/mol. The molecule has 0 saturated heterocycles. The summed E-state index contributed by atoms with van der Waals surface area (Å²) in [5, 5.41) is 7.95. The predicted molar refractivity (Wildman–Crippen MR) is 74.1 cm³/mol. The zero-order valence-electron chi connectivity index (χ0n) is 11.2. The van der Waals surface area contributed by atoms with E-state index in [-0.39, 0.29) is 0 Å². The minimum absolute atomic E-state index is 0.618. The van der Waals surface area contributed by atoms with Gasteiger partial charge >= 0.3 is 0 Å². The molecular formula is C14H20N4O. The van der Waals surface area contributed by atoms with E-state index in [1.807, 2.05) is 28.9 Å². The van der Waals surface area contributed by atoms with Crippen molar-refractivity contribution in [3.05, 3.63) is 41.7 Å². The number of aromatic nitrogens is 3. The first kappa shape index (κ1) is 13.5. The standard InChI is InChI=1S/C14H20N4O/c1-12-3-5-14(6-4-12)19-10-2-9-18-13(7-8-15)11-16-17-18/h3-6,11H,2,7-10,15H2,1H3. The number of rotatable bonds is 7. The molecule has 5 nitrogen and oxygen atoms in total. The Kier molecular flexibility index (Phi) is 4.92. The largest absolute Gasteiger partial charge is 0.494 e. The van der Waals surface area contributed by atoms with E-state index in [4.69, 9.17) is 10.5 Å². The third kappa shape index (κ3) is 4.06. The summed E-state index contributed by atoms with van der Waals surface area (Å²) in [7, 11) is 0. The minimum Gasteiger partial charge on any atom is -0.494 e. The molecule has 2 rings (SSSR count). The Morgan fingerprint density at radius 2 is 2.05 bits per heavy atom. The van der Waals surface area contributed by atoms with Gasteiger partial charge < -0.3 is 10.5 Å². The maximum atomic E-state index is 5.67. The molecule has 0 atom stereocenters. The molecule has 0 radical (unpaired) electrons. The van der Waals surface area contributed by atoms with E-state index in [1.54, 1.807) is 6.20 Å². The lowest BCUT2D eigenvalue weighted by Gasteiger charge is -2.07. The van der Waals surface area contributed by atoms with Gasteiger partial charge in [0, 0.05) is 19.4 Å². The lowest BCUT2D eigenvalue weighted by Crippen LogP contribution is -2.12. The Hall–Kier alpha value is -1.88. The maximum absolute atomic E-state index is 5.67. The van der Waals surface area contributed by atoms with Gasteiger partial charge in [-0.1, -0.05) is 22.9 Å². The molecule has 0 aliphatic carbocycles. The molecule has 2 aromatic rings. The Morgan fingerprint density at radius 1 is 1.26 bits per heavy atom. The second-order valence-electron chi connectivity index (χ2n) is 4.50. The smallest absolute Gasteiger partial charge is 0.119 e. The van der Waals surface area contributed by atoms with Crippen LogP contribution in [0.25, 0.3) is 0 Å². The van der Waals surface area contributed by atoms with E-state index in [0.29, 0.717) is 13.2 Å². The average molecular weight is 260 g/mol. The van der Waals surface area contributed by atoms with Crippen LogP contribution in [-0.4, -0.2) is 28.1 Å². The number of aryl methyl sites for hydroxylation is 2. The number of hydrogen-bond acceptors (Lipinski definition) is 4. The van der Waals surface area contributed by atoms with Gasteiger partial charge in [0.25, 0.3) is 0 Å². The van der Waals surface area contributed by atoms with Crippen molar-refractivity contribution in [3.8, 4) is 5.75 Å². The summed E-state index contributed by atoms with van der Waals surface area (Å²) in [6.07, 6.45) is 3.48. The van der Waals surface area contributed by atoms with Crippen LogP contribution in [0.3, 0.4) is 0 Å². The molecule has 19 heavy (non-hydrogen) atoms. The highest BCUT2D eigenvalue weighted by Crippen LogP contribution is 2.11.